The van der Waals surface area contributed by atoms with Crippen LogP contribution in [0, 0.1) is 0 Å². The molecule has 4 aromatic rings. The summed E-state index contributed by atoms with van der Waals surface area (Å²) in [5, 5.41) is 1.70. The molecule has 0 radical (unpaired) electrons. The first-order chi connectivity index (χ1) is 14.0. The first-order valence-corrected chi connectivity index (χ1v) is 10.2. The van der Waals surface area contributed by atoms with Crippen LogP contribution >= 0.6 is 23.4 Å². The smallest absolute Gasteiger partial charge is 0.263 e. The van der Waals surface area contributed by atoms with Crippen molar-refractivity contribution in [3.63, 3.8) is 0 Å². The van der Waals surface area contributed by atoms with E-state index in [2.05, 4.69) is 9.97 Å². The van der Waals surface area contributed by atoms with Crippen LogP contribution in [-0.2, 0) is 12.8 Å². The van der Waals surface area contributed by atoms with Crippen molar-refractivity contribution in [2.45, 2.75) is 10.9 Å². The van der Waals surface area contributed by atoms with E-state index in [4.69, 9.17) is 11.6 Å². The monoisotopic (exact) mass is 421 g/mol. The third kappa shape index (κ3) is 4.09. The lowest BCUT2D eigenvalue weighted by molar-refractivity contribution is 0.103. The fraction of sp³-hybridized carbons (Fsp3) is 0.0909. The zero-order chi connectivity index (χ0) is 20.4. The number of hydrogen-bond acceptors (Lipinski definition) is 5. The SMILES string of the molecule is Cn1c(SCc2ccc(C(=O)c3ccc(Cl)cc3)cc2)nc2ncccc2c1=O. The van der Waals surface area contributed by atoms with E-state index in [-0.39, 0.29) is 11.3 Å². The third-order valence-electron chi connectivity index (χ3n) is 4.50. The molecule has 2 aromatic heterocycles. The highest BCUT2D eigenvalue weighted by atomic mass is 35.5. The quantitative estimate of drug-likeness (QED) is 0.269. The predicted molar refractivity (Wildman–Crippen MR) is 116 cm³/mol. The first-order valence-electron chi connectivity index (χ1n) is 8.87. The van der Waals surface area contributed by atoms with Gasteiger partial charge in [0.15, 0.2) is 16.6 Å². The molecule has 0 spiro atoms. The van der Waals surface area contributed by atoms with Crippen LogP contribution < -0.4 is 5.56 Å². The summed E-state index contributed by atoms with van der Waals surface area (Å²) in [5.41, 5.74) is 2.57. The second-order valence-corrected chi connectivity index (χ2v) is 7.83. The molecule has 5 nitrogen and oxygen atoms in total. The third-order valence-corrected chi connectivity index (χ3v) is 5.85. The maximum atomic E-state index is 12.6. The summed E-state index contributed by atoms with van der Waals surface area (Å²) in [7, 11) is 1.71. The van der Waals surface area contributed by atoms with E-state index < -0.39 is 0 Å². The lowest BCUT2D eigenvalue weighted by Gasteiger charge is -2.08. The maximum absolute atomic E-state index is 12.6. The summed E-state index contributed by atoms with van der Waals surface area (Å²) in [4.78, 5) is 33.7. The molecule has 2 aromatic carbocycles. The van der Waals surface area contributed by atoms with Crippen molar-refractivity contribution in [3.8, 4) is 0 Å². The van der Waals surface area contributed by atoms with Gasteiger partial charge in [-0.1, -0.05) is 47.6 Å². The van der Waals surface area contributed by atoms with E-state index in [1.165, 1.54) is 16.3 Å². The van der Waals surface area contributed by atoms with Crippen LogP contribution in [0.15, 0.2) is 76.8 Å². The Morgan fingerprint density at radius 3 is 2.38 bits per heavy atom. The van der Waals surface area contributed by atoms with Crippen molar-refractivity contribution in [3.05, 3.63) is 98.9 Å². The average Bonchev–Trinajstić information content (AvgIpc) is 2.76. The van der Waals surface area contributed by atoms with Gasteiger partial charge < -0.3 is 0 Å². The molecule has 7 heteroatoms. The molecule has 2 heterocycles. The molecular formula is C22H16ClN3O2S. The molecule has 0 atom stereocenters. The second kappa shape index (κ2) is 8.19. The van der Waals surface area contributed by atoms with Gasteiger partial charge in [0.1, 0.15) is 0 Å². The number of rotatable bonds is 5. The Bertz CT molecular complexity index is 1250. The topological polar surface area (TPSA) is 64.8 Å². The molecule has 0 aliphatic heterocycles. The number of aromatic nitrogens is 3. The van der Waals surface area contributed by atoms with E-state index in [1.54, 1.807) is 61.8 Å². The van der Waals surface area contributed by atoms with Gasteiger partial charge in [-0.05, 0) is 42.0 Å². The fourth-order valence-electron chi connectivity index (χ4n) is 2.88. The average molecular weight is 422 g/mol. The molecule has 144 valence electrons. The highest BCUT2D eigenvalue weighted by Crippen LogP contribution is 2.22. The van der Waals surface area contributed by atoms with Crippen LogP contribution in [0.5, 0.6) is 0 Å². The van der Waals surface area contributed by atoms with Gasteiger partial charge in [0, 0.05) is 35.1 Å². The van der Waals surface area contributed by atoms with E-state index >= 15 is 0 Å². The minimum atomic E-state index is -0.116. The van der Waals surface area contributed by atoms with E-state index in [0.717, 1.165) is 5.56 Å². The van der Waals surface area contributed by atoms with Crippen LogP contribution in [0.2, 0.25) is 5.02 Å². The molecule has 0 unspecified atom stereocenters. The first kappa shape index (κ1) is 19.4. The summed E-state index contributed by atoms with van der Waals surface area (Å²) < 4.78 is 1.53. The number of pyridine rings is 1. The van der Waals surface area contributed by atoms with Crippen molar-refractivity contribution in [1.82, 2.24) is 14.5 Å². The molecule has 0 N–H and O–H groups in total. The maximum Gasteiger partial charge on any atom is 0.263 e. The summed E-state index contributed by atoms with van der Waals surface area (Å²) in [6.45, 7) is 0. The largest absolute Gasteiger partial charge is 0.290 e. The van der Waals surface area contributed by atoms with Crippen LogP contribution in [0.25, 0.3) is 11.0 Å². The van der Waals surface area contributed by atoms with Gasteiger partial charge in [-0.15, -0.1) is 0 Å². The normalized spacial score (nSPS) is 11.0. The number of benzene rings is 2. The zero-order valence-corrected chi connectivity index (χ0v) is 17.1. The molecule has 29 heavy (non-hydrogen) atoms. The van der Waals surface area contributed by atoms with Crippen molar-refractivity contribution < 1.29 is 4.79 Å². The summed E-state index contributed by atoms with van der Waals surface area (Å²) >= 11 is 7.33. The Morgan fingerprint density at radius 1 is 1.03 bits per heavy atom. The summed E-state index contributed by atoms with van der Waals surface area (Å²) in [6, 6.07) is 17.7. The lowest BCUT2D eigenvalue weighted by Crippen LogP contribution is -2.20. The molecular weight excluding hydrogens is 406 g/mol. The molecule has 0 fully saturated rings. The minimum absolute atomic E-state index is 0.0504. The predicted octanol–water partition coefficient (Wildman–Crippen LogP) is 4.51. The second-order valence-electron chi connectivity index (χ2n) is 6.45. The Hall–Kier alpha value is -2.96. The van der Waals surface area contributed by atoms with Crippen molar-refractivity contribution in [2.75, 3.05) is 0 Å². The number of nitrogens with zero attached hydrogens (tertiary/aromatic N) is 3. The highest BCUT2D eigenvalue weighted by Gasteiger charge is 2.11. The number of carbonyl (C=O) groups is 1. The number of fused-ring (bicyclic) bond motifs is 1. The Labute approximate surface area is 176 Å². The van der Waals surface area contributed by atoms with Gasteiger partial charge in [0.25, 0.3) is 5.56 Å². The van der Waals surface area contributed by atoms with Gasteiger partial charge in [-0.2, -0.15) is 0 Å². The van der Waals surface area contributed by atoms with Crippen molar-refractivity contribution in [2.24, 2.45) is 7.05 Å². The molecule has 0 amide bonds. The number of carbonyl (C=O) groups excluding carboxylic acids is 1. The van der Waals surface area contributed by atoms with Crippen molar-refractivity contribution in [1.29, 1.82) is 0 Å². The van der Waals surface area contributed by atoms with E-state index in [9.17, 15) is 9.59 Å². The zero-order valence-electron chi connectivity index (χ0n) is 15.5. The molecule has 4 rings (SSSR count). The summed E-state index contributed by atoms with van der Waals surface area (Å²) in [6.07, 6.45) is 1.62. The molecule has 0 bridgehead atoms. The number of ketones is 1. The Balaban J connectivity index is 1.50. The van der Waals surface area contributed by atoms with Gasteiger partial charge in [-0.3, -0.25) is 14.2 Å². The minimum Gasteiger partial charge on any atom is -0.290 e. The Kier molecular flexibility index (Phi) is 5.47. The van der Waals surface area contributed by atoms with Crippen LogP contribution in [-0.4, -0.2) is 20.3 Å². The molecule has 0 aliphatic rings. The van der Waals surface area contributed by atoms with Gasteiger partial charge in [0.2, 0.25) is 0 Å². The van der Waals surface area contributed by atoms with Crippen molar-refractivity contribution >= 4 is 40.2 Å². The standard InChI is InChI=1S/C22H16ClN3O2S/c1-26-21(28)18-3-2-12-24-20(18)25-22(26)29-13-14-4-6-15(7-5-14)19(27)16-8-10-17(23)11-9-16/h2-12H,13H2,1H3. The van der Waals surface area contributed by atoms with E-state index in [1.807, 2.05) is 12.1 Å². The summed E-state index contributed by atoms with van der Waals surface area (Å²) in [5.74, 6) is 0.569. The van der Waals surface area contributed by atoms with Gasteiger partial charge in [-0.25, -0.2) is 9.97 Å². The lowest BCUT2D eigenvalue weighted by atomic mass is 10.0. The highest BCUT2D eigenvalue weighted by molar-refractivity contribution is 7.98. The van der Waals surface area contributed by atoms with Gasteiger partial charge in [0.05, 0.1) is 5.39 Å². The van der Waals surface area contributed by atoms with Gasteiger partial charge >= 0.3 is 0 Å². The number of halogens is 1. The fourth-order valence-corrected chi connectivity index (χ4v) is 3.93. The molecule has 0 saturated heterocycles. The number of thioether (sulfide) groups is 1. The molecule has 0 saturated carbocycles. The van der Waals surface area contributed by atoms with Crippen LogP contribution in [0.3, 0.4) is 0 Å². The van der Waals surface area contributed by atoms with Crippen LogP contribution in [0.4, 0.5) is 0 Å². The van der Waals surface area contributed by atoms with E-state index in [0.29, 0.717) is 38.1 Å². The number of hydrogen-bond donors (Lipinski definition) is 0. The molecule has 0 aliphatic carbocycles. The Morgan fingerprint density at radius 2 is 1.69 bits per heavy atom. The van der Waals surface area contributed by atoms with Crippen LogP contribution in [0.1, 0.15) is 21.5 Å².